The average molecular weight is 322 g/mol. The second kappa shape index (κ2) is 6.54. The Morgan fingerprint density at radius 1 is 1.23 bits per heavy atom. The lowest BCUT2D eigenvalue weighted by Gasteiger charge is -2.24. The zero-order valence-electron chi connectivity index (χ0n) is 12.6. The van der Waals surface area contributed by atoms with Gasteiger partial charge in [-0.25, -0.2) is 9.48 Å². The Hall–Kier alpha value is -1.79. The summed E-state index contributed by atoms with van der Waals surface area (Å²) in [6.07, 6.45) is 1.06. The fourth-order valence-electron chi connectivity index (χ4n) is 2.82. The minimum absolute atomic E-state index is 0.164. The first-order valence-electron chi connectivity index (χ1n) is 7.47. The maximum atomic E-state index is 11.4. The van der Waals surface area contributed by atoms with Crippen LogP contribution in [-0.4, -0.2) is 45.8 Å². The van der Waals surface area contributed by atoms with E-state index in [0.29, 0.717) is 6.54 Å². The number of benzene rings is 1. The normalized spacial score (nSPS) is 16.7. The maximum absolute atomic E-state index is 11.4. The van der Waals surface area contributed by atoms with Gasteiger partial charge in [0.15, 0.2) is 0 Å². The van der Waals surface area contributed by atoms with Gasteiger partial charge in [-0.1, -0.05) is 23.7 Å². The Balaban J connectivity index is 1.65. The Morgan fingerprint density at radius 2 is 2.05 bits per heavy atom. The molecule has 22 heavy (non-hydrogen) atoms. The lowest BCUT2D eigenvalue weighted by Crippen LogP contribution is -2.31. The van der Waals surface area contributed by atoms with Crippen molar-refractivity contribution in [2.45, 2.75) is 13.0 Å². The third kappa shape index (κ3) is 3.34. The molecule has 0 radical (unpaired) electrons. The number of nitrogens with zero attached hydrogens (tertiary/aromatic N) is 4. The van der Waals surface area contributed by atoms with Gasteiger partial charge in [0.25, 0.3) is 0 Å². The van der Waals surface area contributed by atoms with E-state index in [4.69, 9.17) is 11.6 Å². The van der Waals surface area contributed by atoms with Gasteiger partial charge in [0.1, 0.15) is 5.82 Å². The van der Waals surface area contributed by atoms with Gasteiger partial charge >= 0.3 is 5.69 Å². The first-order chi connectivity index (χ1) is 10.6. The van der Waals surface area contributed by atoms with E-state index in [-0.39, 0.29) is 5.69 Å². The molecule has 6 nitrogen and oxygen atoms in total. The lowest BCUT2D eigenvalue weighted by atomic mass is 10.2. The molecule has 1 aliphatic rings. The molecule has 0 atom stereocenters. The number of hydrogen-bond acceptors (Lipinski definition) is 4. The van der Waals surface area contributed by atoms with Crippen LogP contribution in [0.1, 0.15) is 12.2 Å². The number of nitrogens with one attached hydrogen (secondary N) is 1. The van der Waals surface area contributed by atoms with E-state index in [0.717, 1.165) is 49.1 Å². The van der Waals surface area contributed by atoms with Crippen molar-refractivity contribution in [3.8, 4) is 0 Å². The van der Waals surface area contributed by atoms with E-state index < -0.39 is 0 Å². The molecule has 1 N–H and O–H groups in total. The smallest absolute Gasteiger partial charge is 0.343 e. The second-order valence-electron chi connectivity index (χ2n) is 5.57. The Kier molecular flexibility index (Phi) is 4.49. The van der Waals surface area contributed by atoms with Gasteiger partial charge in [0.05, 0.1) is 17.3 Å². The number of anilines is 1. The number of halogens is 1. The number of H-pyrrole nitrogens is 1. The van der Waals surface area contributed by atoms with E-state index in [1.165, 1.54) is 4.68 Å². The van der Waals surface area contributed by atoms with E-state index in [2.05, 4.69) is 25.9 Å². The minimum atomic E-state index is -0.164. The van der Waals surface area contributed by atoms with Crippen LogP contribution < -0.4 is 10.6 Å². The Morgan fingerprint density at radius 3 is 2.77 bits per heavy atom. The van der Waals surface area contributed by atoms with Gasteiger partial charge in [-0.3, -0.25) is 9.88 Å². The molecule has 2 heterocycles. The first kappa shape index (κ1) is 15.1. The fraction of sp³-hybridized carbons (Fsp3) is 0.467. The molecule has 7 heteroatoms. The molecule has 0 spiro atoms. The number of aromatic amines is 1. The Labute approximate surface area is 134 Å². The van der Waals surface area contributed by atoms with Gasteiger partial charge < -0.3 is 4.90 Å². The summed E-state index contributed by atoms with van der Waals surface area (Å²) in [4.78, 5) is 18.8. The van der Waals surface area contributed by atoms with Crippen LogP contribution in [0, 0.1) is 0 Å². The highest BCUT2D eigenvalue weighted by atomic mass is 35.5. The predicted octanol–water partition coefficient (Wildman–Crippen LogP) is 1.47. The van der Waals surface area contributed by atoms with Crippen LogP contribution in [-0.2, 0) is 13.6 Å². The summed E-state index contributed by atoms with van der Waals surface area (Å²) in [6.45, 7) is 4.48. The molecule has 0 unspecified atom stereocenters. The summed E-state index contributed by atoms with van der Waals surface area (Å²) in [5, 5.41) is 4.99. The Bertz CT molecular complexity index is 695. The third-order valence-corrected chi connectivity index (χ3v) is 4.29. The molecule has 1 aromatic heterocycles. The molecule has 3 rings (SSSR count). The monoisotopic (exact) mass is 321 g/mol. The molecule has 0 aliphatic carbocycles. The zero-order chi connectivity index (χ0) is 15.5. The van der Waals surface area contributed by atoms with Crippen molar-refractivity contribution in [3.05, 3.63) is 45.6 Å². The van der Waals surface area contributed by atoms with Crippen molar-refractivity contribution < 1.29 is 0 Å². The number of rotatable bonds is 3. The van der Waals surface area contributed by atoms with E-state index >= 15 is 0 Å². The summed E-state index contributed by atoms with van der Waals surface area (Å²) >= 11 is 6.29. The van der Waals surface area contributed by atoms with Crippen molar-refractivity contribution in [3.63, 3.8) is 0 Å². The standard InChI is InChI=1S/C15H20ClN5O/c1-19-15(22)17-14(18-19)11-20-7-4-8-21(10-9-20)13-6-3-2-5-12(13)16/h2-3,5-6H,4,7-11H2,1H3,(H,17,18,22). The SMILES string of the molecule is Cn1nc(CN2CCCN(c3ccccc3Cl)CC2)[nH]c1=O. The maximum Gasteiger partial charge on any atom is 0.343 e. The number of aromatic nitrogens is 3. The van der Waals surface area contributed by atoms with Gasteiger partial charge in [-0.15, -0.1) is 0 Å². The second-order valence-corrected chi connectivity index (χ2v) is 5.98. The molecule has 2 aromatic rings. The molecule has 1 fully saturated rings. The van der Waals surface area contributed by atoms with E-state index in [1.807, 2.05) is 18.2 Å². The number of para-hydroxylation sites is 1. The van der Waals surface area contributed by atoms with Gasteiger partial charge in [-0.2, -0.15) is 5.10 Å². The van der Waals surface area contributed by atoms with Crippen LogP contribution in [0.2, 0.25) is 5.02 Å². The summed E-state index contributed by atoms with van der Waals surface area (Å²) in [5.41, 5.74) is 0.930. The number of hydrogen-bond donors (Lipinski definition) is 1. The van der Waals surface area contributed by atoms with Crippen molar-refractivity contribution in [2.24, 2.45) is 7.05 Å². The largest absolute Gasteiger partial charge is 0.369 e. The molecule has 0 saturated carbocycles. The van der Waals surface area contributed by atoms with Crippen molar-refractivity contribution in [2.75, 3.05) is 31.1 Å². The molecule has 0 bridgehead atoms. The highest BCUT2D eigenvalue weighted by Gasteiger charge is 2.18. The van der Waals surface area contributed by atoms with Crippen molar-refractivity contribution >= 4 is 17.3 Å². The molecule has 118 valence electrons. The summed E-state index contributed by atoms with van der Waals surface area (Å²) in [6, 6.07) is 7.96. The van der Waals surface area contributed by atoms with Crippen LogP contribution in [0.3, 0.4) is 0 Å². The molecule has 1 aromatic carbocycles. The van der Waals surface area contributed by atoms with Gasteiger partial charge in [-0.05, 0) is 18.6 Å². The molecule has 1 aliphatic heterocycles. The predicted molar refractivity (Wildman–Crippen MR) is 87.4 cm³/mol. The average Bonchev–Trinajstić information content (AvgIpc) is 2.69. The van der Waals surface area contributed by atoms with Crippen molar-refractivity contribution in [1.82, 2.24) is 19.7 Å². The van der Waals surface area contributed by atoms with E-state index in [9.17, 15) is 4.79 Å². The van der Waals surface area contributed by atoms with Gasteiger partial charge in [0, 0.05) is 33.2 Å². The lowest BCUT2D eigenvalue weighted by molar-refractivity contribution is 0.278. The van der Waals surface area contributed by atoms with Crippen LogP contribution >= 0.6 is 11.6 Å². The van der Waals surface area contributed by atoms with Crippen LogP contribution in [0.25, 0.3) is 0 Å². The minimum Gasteiger partial charge on any atom is -0.369 e. The van der Waals surface area contributed by atoms with Crippen LogP contribution in [0.15, 0.2) is 29.1 Å². The molecule has 1 saturated heterocycles. The third-order valence-electron chi connectivity index (χ3n) is 3.97. The van der Waals surface area contributed by atoms with Crippen LogP contribution in [0.5, 0.6) is 0 Å². The topological polar surface area (TPSA) is 57.2 Å². The summed E-state index contributed by atoms with van der Waals surface area (Å²) < 4.78 is 1.34. The zero-order valence-corrected chi connectivity index (χ0v) is 13.4. The fourth-order valence-corrected chi connectivity index (χ4v) is 3.07. The molecule has 0 amide bonds. The van der Waals surface area contributed by atoms with Gasteiger partial charge in [0.2, 0.25) is 0 Å². The van der Waals surface area contributed by atoms with Crippen LogP contribution in [0.4, 0.5) is 5.69 Å². The molecular formula is C15H20ClN5O. The number of aryl methyl sites for hydroxylation is 1. The first-order valence-corrected chi connectivity index (χ1v) is 7.85. The highest BCUT2D eigenvalue weighted by Crippen LogP contribution is 2.26. The van der Waals surface area contributed by atoms with E-state index in [1.54, 1.807) is 7.05 Å². The summed E-state index contributed by atoms with van der Waals surface area (Å²) in [7, 11) is 1.66. The quantitative estimate of drug-likeness (QED) is 0.930. The van der Waals surface area contributed by atoms with Crippen molar-refractivity contribution in [1.29, 1.82) is 0 Å². The molecular weight excluding hydrogens is 302 g/mol. The highest BCUT2D eigenvalue weighted by molar-refractivity contribution is 6.33. The summed E-state index contributed by atoms with van der Waals surface area (Å²) in [5.74, 6) is 0.721.